The normalized spacial score (nSPS) is 11.0. The zero-order valence-corrected chi connectivity index (χ0v) is 17.1. The molecule has 0 atom stereocenters. The van der Waals surface area contributed by atoms with Gasteiger partial charge in [-0.15, -0.1) is 18.3 Å². The summed E-state index contributed by atoms with van der Waals surface area (Å²) in [6.07, 6.45) is -4.80. The fourth-order valence-corrected chi connectivity index (χ4v) is 3.04. The summed E-state index contributed by atoms with van der Waals surface area (Å²) in [5.74, 6) is -0.579. The molecule has 32 heavy (non-hydrogen) atoms. The number of amides is 3. The molecule has 0 saturated carbocycles. The molecule has 14 heteroatoms. The lowest BCUT2D eigenvalue weighted by Crippen LogP contribution is -2.35. The van der Waals surface area contributed by atoms with Crippen molar-refractivity contribution in [3.63, 3.8) is 0 Å². The van der Waals surface area contributed by atoms with Crippen molar-refractivity contribution in [2.24, 2.45) is 0 Å². The van der Waals surface area contributed by atoms with Crippen LogP contribution in [0, 0.1) is 0 Å². The summed E-state index contributed by atoms with van der Waals surface area (Å²) in [4.78, 5) is 24.0. The number of carbonyl (C=O) groups is 2. The van der Waals surface area contributed by atoms with Gasteiger partial charge in [0.1, 0.15) is 11.5 Å². The first-order valence-corrected chi connectivity index (χ1v) is 9.74. The second-order valence-electron chi connectivity index (χ2n) is 5.93. The number of methoxy groups -OCH3 is 1. The lowest BCUT2D eigenvalue weighted by atomic mass is 10.3. The number of imide groups is 1. The molecule has 0 bridgehead atoms. The topological polar surface area (TPSA) is 120 Å². The molecule has 0 spiro atoms. The van der Waals surface area contributed by atoms with E-state index in [1.54, 1.807) is 24.3 Å². The van der Waals surface area contributed by atoms with E-state index >= 15 is 0 Å². The van der Waals surface area contributed by atoms with Gasteiger partial charge in [0, 0.05) is 5.69 Å². The van der Waals surface area contributed by atoms with Gasteiger partial charge in [0.15, 0.2) is 0 Å². The van der Waals surface area contributed by atoms with Crippen LogP contribution in [0.15, 0.2) is 53.7 Å². The van der Waals surface area contributed by atoms with E-state index < -0.39 is 24.1 Å². The van der Waals surface area contributed by atoms with Crippen molar-refractivity contribution in [3.8, 4) is 17.2 Å². The fourth-order valence-electron chi connectivity index (χ4n) is 2.35. The number of rotatable bonds is 7. The Morgan fingerprint density at radius 3 is 2.34 bits per heavy atom. The fraction of sp³-hybridized carbons (Fsp3) is 0.167. The van der Waals surface area contributed by atoms with Gasteiger partial charge in [-0.3, -0.25) is 10.1 Å². The highest BCUT2D eigenvalue weighted by atomic mass is 32.2. The predicted octanol–water partition coefficient (Wildman–Crippen LogP) is 3.01. The monoisotopic (exact) mass is 468 g/mol. The van der Waals surface area contributed by atoms with Crippen LogP contribution < -0.4 is 20.1 Å². The Hall–Kier alpha value is -3.81. The van der Waals surface area contributed by atoms with Gasteiger partial charge in [0.2, 0.25) is 11.1 Å². The van der Waals surface area contributed by atoms with Crippen molar-refractivity contribution in [3.05, 3.63) is 48.5 Å². The molecule has 168 valence electrons. The van der Waals surface area contributed by atoms with E-state index in [1.807, 2.05) is 0 Å². The van der Waals surface area contributed by atoms with Crippen LogP contribution in [0.1, 0.15) is 0 Å². The molecule has 0 fully saturated rings. The second kappa shape index (κ2) is 10.00. The van der Waals surface area contributed by atoms with E-state index in [1.165, 1.54) is 23.9 Å². The zero-order chi connectivity index (χ0) is 23.1. The van der Waals surface area contributed by atoms with Crippen LogP contribution in [0.5, 0.6) is 11.5 Å². The van der Waals surface area contributed by atoms with Crippen LogP contribution in [-0.2, 0) is 4.79 Å². The number of hydrogen-bond acceptors (Lipinski definition) is 8. The summed E-state index contributed by atoms with van der Waals surface area (Å²) in [7, 11) is 1.51. The number of benzene rings is 2. The highest BCUT2D eigenvalue weighted by Crippen LogP contribution is 2.25. The van der Waals surface area contributed by atoms with Crippen LogP contribution in [0.4, 0.5) is 23.7 Å². The van der Waals surface area contributed by atoms with Gasteiger partial charge < -0.3 is 14.8 Å². The van der Waals surface area contributed by atoms with Crippen molar-refractivity contribution in [2.75, 3.05) is 18.2 Å². The van der Waals surface area contributed by atoms with Crippen molar-refractivity contribution in [2.45, 2.75) is 11.5 Å². The predicted molar refractivity (Wildman–Crippen MR) is 107 cm³/mol. The van der Waals surface area contributed by atoms with Crippen LogP contribution >= 0.6 is 11.8 Å². The Morgan fingerprint density at radius 1 is 1.06 bits per heavy atom. The minimum atomic E-state index is -4.80. The number of carbonyl (C=O) groups excluding carboxylic acids is 2. The molecule has 1 heterocycles. The molecule has 0 aliphatic heterocycles. The Balaban J connectivity index is 1.53. The maximum absolute atomic E-state index is 12.3. The van der Waals surface area contributed by atoms with E-state index in [4.69, 9.17) is 4.74 Å². The number of nitrogens with zero attached hydrogens (tertiary/aromatic N) is 4. The smallest absolute Gasteiger partial charge is 0.497 e. The van der Waals surface area contributed by atoms with E-state index in [9.17, 15) is 22.8 Å². The molecule has 2 aromatic carbocycles. The lowest BCUT2D eigenvalue weighted by Gasteiger charge is -2.09. The SMILES string of the molecule is COc1ccc(NC(=O)NC(=O)CSc2nnnn2-c2ccc(OC(F)(F)F)cc2)cc1. The summed E-state index contributed by atoms with van der Waals surface area (Å²) in [6, 6.07) is 10.6. The molecule has 0 unspecified atom stereocenters. The summed E-state index contributed by atoms with van der Waals surface area (Å²) in [6.45, 7) is 0. The molecule has 1 aromatic heterocycles. The number of alkyl halides is 3. The Bertz CT molecular complexity index is 1070. The molecule has 0 aliphatic carbocycles. The number of urea groups is 1. The highest BCUT2D eigenvalue weighted by molar-refractivity contribution is 7.99. The average Bonchev–Trinajstić information content (AvgIpc) is 3.21. The third-order valence-electron chi connectivity index (χ3n) is 3.69. The first-order chi connectivity index (χ1) is 15.2. The molecule has 0 radical (unpaired) electrons. The molecule has 10 nitrogen and oxygen atoms in total. The highest BCUT2D eigenvalue weighted by Gasteiger charge is 2.31. The molecule has 2 N–H and O–H groups in total. The summed E-state index contributed by atoms with van der Waals surface area (Å²) < 4.78 is 46.9. The number of halogens is 3. The number of tetrazole rings is 1. The van der Waals surface area contributed by atoms with Crippen LogP contribution in [0.3, 0.4) is 0 Å². The maximum Gasteiger partial charge on any atom is 0.573 e. The Morgan fingerprint density at radius 2 is 1.72 bits per heavy atom. The van der Waals surface area contributed by atoms with E-state index in [-0.39, 0.29) is 10.9 Å². The lowest BCUT2D eigenvalue weighted by molar-refractivity contribution is -0.274. The molecule has 0 aliphatic rings. The average molecular weight is 468 g/mol. The van der Waals surface area contributed by atoms with Gasteiger partial charge in [-0.2, -0.15) is 4.68 Å². The largest absolute Gasteiger partial charge is 0.573 e. The number of hydrogen-bond donors (Lipinski definition) is 2. The number of thioether (sulfide) groups is 1. The van der Waals surface area contributed by atoms with Crippen LogP contribution in [0.25, 0.3) is 5.69 Å². The Kier molecular flexibility index (Phi) is 7.14. The van der Waals surface area contributed by atoms with Crippen molar-refractivity contribution >= 4 is 29.4 Å². The number of aromatic nitrogens is 4. The standard InChI is InChI=1S/C18H15F3N6O4S/c1-30-13-6-2-11(3-7-13)22-16(29)23-15(28)10-32-17-24-25-26-27(17)12-4-8-14(9-5-12)31-18(19,20)21/h2-9H,10H2,1H3,(H2,22,23,28,29). The van der Waals surface area contributed by atoms with Gasteiger partial charge in [-0.1, -0.05) is 11.8 Å². The summed E-state index contributed by atoms with van der Waals surface area (Å²) in [5.41, 5.74) is 0.815. The van der Waals surface area contributed by atoms with Gasteiger partial charge in [0.25, 0.3) is 0 Å². The van der Waals surface area contributed by atoms with Crippen molar-refractivity contribution in [1.82, 2.24) is 25.5 Å². The van der Waals surface area contributed by atoms with E-state index in [0.29, 0.717) is 17.1 Å². The molecule has 0 saturated heterocycles. The van der Waals surface area contributed by atoms with Gasteiger partial charge in [-0.25, -0.2) is 4.79 Å². The van der Waals surface area contributed by atoms with Crippen molar-refractivity contribution < 1.29 is 32.2 Å². The third-order valence-corrected chi connectivity index (χ3v) is 4.61. The molecular formula is C18H15F3N6O4S. The number of ether oxygens (including phenoxy) is 2. The number of nitrogens with one attached hydrogen (secondary N) is 2. The summed E-state index contributed by atoms with van der Waals surface area (Å²) >= 11 is 0.931. The molecule has 3 rings (SSSR count). The second-order valence-corrected chi connectivity index (χ2v) is 6.88. The summed E-state index contributed by atoms with van der Waals surface area (Å²) in [5, 5.41) is 15.9. The zero-order valence-electron chi connectivity index (χ0n) is 16.3. The Labute approximate surface area is 183 Å². The van der Waals surface area contributed by atoms with Gasteiger partial charge >= 0.3 is 12.4 Å². The van der Waals surface area contributed by atoms with Crippen LogP contribution in [0.2, 0.25) is 0 Å². The number of anilines is 1. The quantitative estimate of drug-likeness (QED) is 0.508. The molecule has 3 amide bonds. The van der Waals surface area contributed by atoms with Crippen molar-refractivity contribution in [1.29, 1.82) is 0 Å². The third kappa shape index (κ3) is 6.60. The molecular weight excluding hydrogens is 453 g/mol. The van der Waals surface area contributed by atoms with E-state index in [0.717, 1.165) is 23.9 Å². The molecule has 3 aromatic rings. The van der Waals surface area contributed by atoms with Gasteiger partial charge in [0.05, 0.1) is 18.6 Å². The van der Waals surface area contributed by atoms with Crippen LogP contribution in [-0.4, -0.2) is 51.4 Å². The first-order valence-electron chi connectivity index (χ1n) is 8.76. The first kappa shape index (κ1) is 22.9. The van der Waals surface area contributed by atoms with Gasteiger partial charge in [-0.05, 0) is 59.0 Å². The minimum Gasteiger partial charge on any atom is -0.497 e. The van der Waals surface area contributed by atoms with E-state index in [2.05, 4.69) is 30.9 Å². The minimum absolute atomic E-state index is 0.189. The maximum atomic E-state index is 12.3.